The van der Waals surface area contributed by atoms with Gasteiger partial charge in [-0.25, -0.2) is 4.98 Å². The van der Waals surface area contributed by atoms with Crippen molar-refractivity contribution >= 4 is 34.9 Å². The molecule has 1 atom stereocenters. The van der Waals surface area contributed by atoms with Gasteiger partial charge in [0.1, 0.15) is 10.0 Å². The van der Waals surface area contributed by atoms with Gasteiger partial charge in [-0.15, -0.1) is 11.3 Å². The third-order valence-electron chi connectivity index (χ3n) is 5.52. The molecular weight excluding hydrogens is 342 g/mol. The van der Waals surface area contributed by atoms with E-state index in [0.29, 0.717) is 24.7 Å². The van der Waals surface area contributed by atoms with Crippen molar-refractivity contribution < 1.29 is 9.59 Å². The summed E-state index contributed by atoms with van der Waals surface area (Å²) in [7, 11) is 0. The summed E-state index contributed by atoms with van der Waals surface area (Å²) in [6.07, 6.45) is 7.29. The molecule has 5 nitrogen and oxygen atoms in total. The van der Waals surface area contributed by atoms with E-state index in [1.165, 1.54) is 24.2 Å². The molecule has 1 aliphatic carbocycles. The normalized spacial score (nSPS) is 27.3. The van der Waals surface area contributed by atoms with E-state index < -0.39 is 0 Å². The van der Waals surface area contributed by atoms with Crippen LogP contribution in [0.5, 0.6) is 0 Å². The minimum atomic E-state index is -0.332. The van der Waals surface area contributed by atoms with E-state index in [1.807, 2.05) is 16.5 Å². The number of amides is 2. The SMILES string of the molecule is CSc1nc(C(=O)N2CC[C@@]3(CCCN(CC4CC4)C3=O)C2)cs1. The van der Waals surface area contributed by atoms with Crippen molar-refractivity contribution in [1.29, 1.82) is 0 Å². The van der Waals surface area contributed by atoms with Crippen LogP contribution in [-0.4, -0.2) is 59.0 Å². The average molecular weight is 366 g/mol. The van der Waals surface area contributed by atoms with Crippen molar-refractivity contribution in [1.82, 2.24) is 14.8 Å². The summed E-state index contributed by atoms with van der Waals surface area (Å²) in [4.78, 5) is 34.1. The van der Waals surface area contributed by atoms with Gasteiger partial charge in [-0.05, 0) is 44.3 Å². The van der Waals surface area contributed by atoms with E-state index in [-0.39, 0.29) is 11.3 Å². The molecule has 1 spiro atoms. The lowest BCUT2D eigenvalue weighted by Gasteiger charge is -2.39. The molecule has 1 aromatic rings. The molecule has 0 aromatic carbocycles. The Hall–Kier alpha value is -1.08. The monoisotopic (exact) mass is 365 g/mol. The Morgan fingerprint density at radius 3 is 2.96 bits per heavy atom. The average Bonchev–Trinajstić information content (AvgIpc) is 3.12. The third-order valence-corrected chi connectivity index (χ3v) is 7.38. The van der Waals surface area contributed by atoms with Gasteiger partial charge in [0.25, 0.3) is 5.91 Å². The fourth-order valence-electron chi connectivity index (χ4n) is 3.97. The van der Waals surface area contributed by atoms with Crippen LogP contribution < -0.4 is 0 Å². The first-order chi connectivity index (χ1) is 11.6. The lowest BCUT2D eigenvalue weighted by atomic mass is 9.78. The summed E-state index contributed by atoms with van der Waals surface area (Å²) in [6, 6.07) is 0. The van der Waals surface area contributed by atoms with Gasteiger partial charge in [0.2, 0.25) is 5.91 Å². The highest BCUT2D eigenvalue weighted by molar-refractivity contribution is 8.00. The number of nitrogens with zero attached hydrogens (tertiary/aromatic N) is 3. The second-order valence-electron chi connectivity index (χ2n) is 7.26. The molecular formula is C17H23N3O2S2. The van der Waals surface area contributed by atoms with Crippen molar-refractivity contribution in [2.24, 2.45) is 11.3 Å². The minimum Gasteiger partial charge on any atom is -0.342 e. The predicted octanol–water partition coefficient (Wildman–Crippen LogP) is 2.73. The number of hydrogen-bond donors (Lipinski definition) is 0. The highest BCUT2D eigenvalue weighted by Crippen LogP contribution is 2.42. The summed E-state index contributed by atoms with van der Waals surface area (Å²) in [6.45, 7) is 3.07. The van der Waals surface area contributed by atoms with E-state index in [0.717, 1.165) is 42.6 Å². The summed E-state index contributed by atoms with van der Waals surface area (Å²) >= 11 is 3.07. The number of carbonyl (C=O) groups is 2. The van der Waals surface area contributed by atoms with Crippen molar-refractivity contribution in [3.8, 4) is 0 Å². The molecule has 0 bridgehead atoms. The van der Waals surface area contributed by atoms with E-state index in [4.69, 9.17) is 0 Å². The molecule has 3 fully saturated rings. The van der Waals surface area contributed by atoms with Gasteiger partial charge in [-0.3, -0.25) is 9.59 Å². The van der Waals surface area contributed by atoms with Gasteiger partial charge in [0.05, 0.1) is 5.41 Å². The summed E-state index contributed by atoms with van der Waals surface area (Å²) in [5.41, 5.74) is 0.195. The second kappa shape index (κ2) is 6.33. The van der Waals surface area contributed by atoms with Gasteiger partial charge >= 0.3 is 0 Å². The number of rotatable bonds is 4. The molecule has 3 heterocycles. The number of thiazole rings is 1. The van der Waals surface area contributed by atoms with Gasteiger partial charge in [0, 0.05) is 31.6 Å². The number of thioether (sulfide) groups is 1. The molecule has 1 aromatic heterocycles. The zero-order chi connectivity index (χ0) is 16.7. The molecule has 24 heavy (non-hydrogen) atoms. The van der Waals surface area contributed by atoms with E-state index in [9.17, 15) is 9.59 Å². The Labute approximate surface area is 150 Å². The van der Waals surface area contributed by atoms with Crippen LogP contribution >= 0.6 is 23.1 Å². The molecule has 130 valence electrons. The van der Waals surface area contributed by atoms with Gasteiger partial charge in [-0.2, -0.15) is 0 Å². The lowest BCUT2D eigenvalue weighted by Crippen LogP contribution is -2.51. The van der Waals surface area contributed by atoms with Crippen LogP contribution in [0, 0.1) is 11.3 Å². The zero-order valence-corrected chi connectivity index (χ0v) is 15.6. The molecule has 0 N–H and O–H groups in total. The van der Waals surface area contributed by atoms with E-state index in [1.54, 1.807) is 11.8 Å². The Bertz CT molecular complexity index is 658. The predicted molar refractivity (Wildman–Crippen MR) is 95.4 cm³/mol. The molecule has 4 rings (SSSR count). The minimum absolute atomic E-state index is 0.0180. The molecule has 1 saturated carbocycles. The number of piperidine rings is 1. The smallest absolute Gasteiger partial charge is 0.273 e. The maximum absolute atomic E-state index is 13.0. The van der Waals surface area contributed by atoms with Crippen LogP contribution in [0.1, 0.15) is 42.6 Å². The molecule has 0 radical (unpaired) electrons. The van der Waals surface area contributed by atoms with E-state index in [2.05, 4.69) is 9.88 Å². The molecule has 2 amide bonds. The van der Waals surface area contributed by atoms with Crippen LogP contribution in [0.3, 0.4) is 0 Å². The first-order valence-electron chi connectivity index (χ1n) is 8.69. The molecule has 2 saturated heterocycles. The molecule has 3 aliphatic rings. The van der Waals surface area contributed by atoms with E-state index >= 15 is 0 Å². The lowest BCUT2D eigenvalue weighted by molar-refractivity contribution is -0.145. The molecule has 7 heteroatoms. The first-order valence-corrected chi connectivity index (χ1v) is 10.8. The van der Waals surface area contributed by atoms with Crippen LogP contribution in [0.2, 0.25) is 0 Å². The maximum atomic E-state index is 13.0. The molecule has 2 aliphatic heterocycles. The van der Waals surface area contributed by atoms with Crippen molar-refractivity contribution in [2.45, 2.75) is 36.4 Å². The summed E-state index contributed by atoms with van der Waals surface area (Å²) in [5.74, 6) is 0.998. The summed E-state index contributed by atoms with van der Waals surface area (Å²) in [5, 5.41) is 1.83. The number of hydrogen-bond acceptors (Lipinski definition) is 5. The largest absolute Gasteiger partial charge is 0.342 e. The van der Waals surface area contributed by atoms with Crippen molar-refractivity contribution in [2.75, 3.05) is 32.4 Å². The Balaban J connectivity index is 1.46. The fraction of sp³-hybridized carbons (Fsp3) is 0.706. The topological polar surface area (TPSA) is 53.5 Å². The Morgan fingerprint density at radius 1 is 1.42 bits per heavy atom. The van der Waals surface area contributed by atoms with Crippen LogP contribution in [0.25, 0.3) is 0 Å². The number of aromatic nitrogens is 1. The van der Waals surface area contributed by atoms with Gasteiger partial charge in [-0.1, -0.05) is 11.8 Å². The summed E-state index contributed by atoms with van der Waals surface area (Å²) < 4.78 is 0.914. The first kappa shape index (κ1) is 16.4. The quantitative estimate of drug-likeness (QED) is 0.770. The maximum Gasteiger partial charge on any atom is 0.273 e. The third kappa shape index (κ3) is 2.96. The van der Waals surface area contributed by atoms with Crippen LogP contribution in [0.4, 0.5) is 0 Å². The standard InChI is InChI=1S/C17H23N3O2S2/c1-23-16-18-13(10-24-16)14(21)20-8-6-17(11-20)5-2-7-19(15(17)22)9-12-3-4-12/h10,12H,2-9,11H2,1H3/t17-/m0/s1. The Morgan fingerprint density at radius 2 is 2.25 bits per heavy atom. The van der Waals surface area contributed by atoms with Crippen molar-refractivity contribution in [3.63, 3.8) is 0 Å². The van der Waals surface area contributed by atoms with Gasteiger partial charge in [0.15, 0.2) is 0 Å². The van der Waals surface area contributed by atoms with Crippen LogP contribution in [-0.2, 0) is 4.79 Å². The number of likely N-dealkylation sites (tertiary alicyclic amines) is 2. The van der Waals surface area contributed by atoms with Crippen LogP contribution in [0.15, 0.2) is 9.72 Å². The van der Waals surface area contributed by atoms with Gasteiger partial charge < -0.3 is 9.80 Å². The molecule has 0 unspecified atom stereocenters. The Kier molecular flexibility index (Phi) is 4.33. The van der Waals surface area contributed by atoms with Crippen molar-refractivity contribution in [3.05, 3.63) is 11.1 Å². The number of carbonyl (C=O) groups excluding carboxylic acids is 2. The second-order valence-corrected chi connectivity index (χ2v) is 9.17. The fourth-order valence-corrected chi connectivity index (χ4v) is 5.21. The zero-order valence-electron chi connectivity index (χ0n) is 14.0. The highest BCUT2D eigenvalue weighted by Gasteiger charge is 2.50. The highest BCUT2D eigenvalue weighted by atomic mass is 32.2.